The molecule has 0 spiro atoms. The third-order valence-corrected chi connectivity index (χ3v) is 4.16. The summed E-state index contributed by atoms with van der Waals surface area (Å²) in [5.74, 6) is 0.00571. The van der Waals surface area contributed by atoms with Crippen molar-refractivity contribution in [1.29, 1.82) is 5.26 Å². The van der Waals surface area contributed by atoms with Crippen LogP contribution >= 0.6 is 11.5 Å². The second kappa shape index (κ2) is 7.08. The number of phenols is 2. The highest BCUT2D eigenvalue weighted by Gasteiger charge is 2.11. The summed E-state index contributed by atoms with van der Waals surface area (Å²) < 4.78 is 5.54. The first-order chi connectivity index (χ1) is 12.5. The van der Waals surface area contributed by atoms with Gasteiger partial charge < -0.3 is 10.2 Å². The molecular formula is C15H12N8O2S. The Labute approximate surface area is 151 Å². The fourth-order valence-corrected chi connectivity index (χ4v) is 2.62. The van der Waals surface area contributed by atoms with Crippen molar-refractivity contribution < 1.29 is 10.2 Å². The highest BCUT2D eigenvalue weighted by Crippen LogP contribution is 2.40. The van der Waals surface area contributed by atoms with Crippen LogP contribution in [0.1, 0.15) is 11.3 Å². The SMILES string of the molecule is Cc1nsc(N=Nc2cc(O)c(N=Nc3ccnn3C)cc2O)c1C#N. The van der Waals surface area contributed by atoms with Crippen LogP contribution in [0, 0.1) is 18.3 Å². The molecule has 0 saturated carbocycles. The monoisotopic (exact) mass is 368 g/mol. The number of aromatic nitrogens is 3. The van der Waals surface area contributed by atoms with Gasteiger partial charge >= 0.3 is 0 Å². The van der Waals surface area contributed by atoms with Gasteiger partial charge in [0, 0.05) is 25.2 Å². The molecule has 1 aromatic carbocycles. The molecule has 2 aromatic heterocycles. The Bertz CT molecular complexity index is 1060. The van der Waals surface area contributed by atoms with Crippen LogP contribution in [-0.4, -0.2) is 24.4 Å². The molecule has 0 radical (unpaired) electrons. The standard InChI is InChI=1S/C15H12N8O2S/c1-8-9(7-16)15(26-22-8)21-19-11-6-12(24)10(5-13(11)25)18-20-14-3-4-17-23(14)2/h3-6,24-25H,1-2H3. The average molecular weight is 368 g/mol. The first-order valence-corrected chi connectivity index (χ1v) is 8.00. The minimum absolute atomic E-state index is 0.0249. The van der Waals surface area contributed by atoms with Crippen molar-refractivity contribution in [1.82, 2.24) is 14.2 Å². The van der Waals surface area contributed by atoms with Crippen LogP contribution in [0.5, 0.6) is 11.5 Å². The summed E-state index contributed by atoms with van der Waals surface area (Å²) in [4.78, 5) is 0. The van der Waals surface area contributed by atoms with E-state index in [0.717, 1.165) is 11.5 Å². The number of hydrogen-bond donors (Lipinski definition) is 2. The number of benzene rings is 1. The normalized spacial score (nSPS) is 11.4. The van der Waals surface area contributed by atoms with Crippen molar-refractivity contribution in [3.63, 3.8) is 0 Å². The zero-order valence-electron chi connectivity index (χ0n) is 13.7. The summed E-state index contributed by atoms with van der Waals surface area (Å²) in [5.41, 5.74) is 0.972. The van der Waals surface area contributed by atoms with Gasteiger partial charge in [0.25, 0.3) is 0 Å². The van der Waals surface area contributed by atoms with Crippen LogP contribution in [0.3, 0.4) is 0 Å². The number of hydrogen-bond acceptors (Lipinski definition) is 10. The maximum atomic E-state index is 10.1. The predicted octanol–water partition coefficient (Wildman–Crippen LogP) is 4.30. The first-order valence-electron chi connectivity index (χ1n) is 7.23. The molecule has 0 atom stereocenters. The van der Waals surface area contributed by atoms with E-state index in [1.54, 1.807) is 26.2 Å². The number of nitriles is 1. The lowest BCUT2D eigenvalue weighted by molar-refractivity contribution is 0.462. The Morgan fingerprint density at radius 1 is 1.12 bits per heavy atom. The molecule has 130 valence electrons. The van der Waals surface area contributed by atoms with E-state index in [9.17, 15) is 10.2 Å². The Morgan fingerprint density at radius 3 is 2.35 bits per heavy atom. The van der Waals surface area contributed by atoms with E-state index in [2.05, 4.69) is 29.9 Å². The summed E-state index contributed by atoms with van der Waals surface area (Å²) in [6, 6.07) is 6.06. The van der Waals surface area contributed by atoms with Gasteiger partial charge in [-0.1, -0.05) is 0 Å². The zero-order chi connectivity index (χ0) is 18.7. The molecule has 0 aliphatic heterocycles. The van der Waals surface area contributed by atoms with Crippen molar-refractivity contribution in [2.24, 2.45) is 27.5 Å². The lowest BCUT2D eigenvalue weighted by Gasteiger charge is -2.02. The van der Waals surface area contributed by atoms with Gasteiger partial charge in [-0.3, -0.25) is 0 Å². The third kappa shape index (κ3) is 3.40. The molecule has 0 amide bonds. The van der Waals surface area contributed by atoms with Crippen LogP contribution in [0.2, 0.25) is 0 Å². The minimum Gasteiger partial charge on any atom is -0.506 e. The van der Waals surface area contributed by atoms with E-state index < -0.39 is 0 Å². The van der Waals surface area contributed by atoms with Gasteiger partial charge in [0.1, 0.15) is 34.5 Å². The van der Waals surface area contributed by atoms with E-state index in [4.69, 9.17) is 5.26 Å². The molecule has 0 bridgehead atoms. The maximum Gasteiger partial charge on any atom is 0.176 e. The molecular weight excluding hydrogens is 356 g/mol. The van der Waals surface area contributed by atoms with Crippen molar-refractivity contribution in [2.45, 2.75) is 6.92 Å². The highest BCUT2D eigenvalue weighted by atomic mass is 32.1. The quantitative estimate of drug-likeness (QED) is 0.521. The van der Waals surface area contributed by atoms with E-state index in [-0.39, 0.29) is 22.9 Å². The molecule has 0 aliphatic carbocycles. The molecule has 2 heterocycles. The summed E-state index contributed by atoms with van der Waals surface area (Å²) in [6.45, 7) is 1.69. The van der Waals surface area contributed by atoms with Crippen molar-refractivity contribution in [3.05, 3.63) is 35.7 Å². The molecule has 0 saturated heterocycles. The third-order valence-electron chi connectivity index (χ3n) is 3.33. The van der Waals surface area contributed by atoms with Gasteiger partial charge in [0.15, 0.2) is 10.8 Å². The number of phenolic OH excluding ortho intramolecular Hbond substituents is 2. The van der Waals surface area contributed by atoms with Crippen LogP contribution in [0.25, 0.3) is 0 Å². The second-order valence-electron chi connectivity index (χ2n) is 5.10. The molecule has 10 nitrogen and oxygen atoms in total. The number of nitrogens with zero attached hydrogens (tertiary/aromatic N) is 8. The van der Waals surface area contributed by atoms with Crippen molar-refractivity contribution >= 4 is 33.7 Å². The van der Waals surface area contributed by atoms with Crippen molar-refractivity contribution in [3.8, 4) is 17.6 Å². The van der Waals surface area contributed by atoms with Crippen molar-refractivity contribution in [2.75, 3.05) is 0 Å². The highest BCUT2D eigenvalue weighted by molar-refractivity contribution is 7.10. The van der Waals surface area contributed by atoms with Gasteiger partial charge in [-0.25, -0.2) is 4.68 Å². The summed E-state index contributed by atoms with van der Waals surface area (Å²) in [7, 11) is 1.70. The lowest BCUT2D eigenvalue weighted by atomic mass is 10.2. The van der Waals surface area contributed by atoms with Crippen LogP contribution in [0.4, 0.5) is 22.2 Å². The summed E-state index contributed by atoms with van der Waals surface area (Å²) >= 11 is 1.02. The Hall–Kier alpha value is -3.65. The second-order valence-corrected chi connectivity index (χ2v) is 5.85. The molecule has 2 N–H and O–H groups in total. The van der Waals surface area contributed by atoms with Crippen LogP contribution in [-0.2, 0) is 7.05 Å². The Kier molecular flexibility index (Phi) is 4.68. The fraction of sp³-hybridized carbons (Fsp3) is 0.133. The van der Waals surface area contributed by atoms with Gasteiger partial charge in [-0.05, 0) is 18.5 Å². The molecule has 26 heavy (non-hydrogen) atoms. The number of rotatable bonds is 4. The molecule has 0 aliphatic rings. The van der Waals surface area contributed by atoms with Gasteiger partial charge in [-0.2, -0.15) is 14.7 Å². The number of aromatic hydroxyl groups is 2. The fourth-order valence-electron chi connectivity index (χ4n) is 1.94. The molecule has 0 unspecified atom stereocenters. The van der Waals surface area contributed by atoms with E-state index in [1.165, 1.54) is 16.8 Å². The van der Waals surface area contributed by atoms with Gasteiger partial charge in [0.05, 0.1) is 11.9 Å². The minimum atomic E-state index is -0.245. The lowest BCUT2D eigenvalue weighted by Crippen LogP contribution is -1.86. The summed E-state index contributed by atoms with van der Waals surface area (Å²) in [5, 5.41) is 49.1. The zero-order valence-corrected chi connectivity index (χ0v) is 14.5. The molecule has 3 aromatic rings. The van der Waals surface area contributed by atoms with E-state index >= 15 is 0 Å². The Morgan fingerprint density at radius 2 is 1.77 bits per heavy atom. The smallest absolute Gasteiger partial charge is 0.176 e. The molecule has 3 rings (SSSR count). The maximum absolute atomic E-state index is 10.1. The van der Waals surface area contributed by atoms with Crippen LogP contribution < -0.4 is 0 Å². The summed E-state index contributed by atoms with van der Waals surface area (Å²) in [6.07, 6.45) is 1.56. The van der Waals surface area contributed by atoms with E-state index in [1.807, 2.05) is 6.07 Å². The molecule has 11 heteroatoms. The topological polar surface area (TPSA) is 144 Å². The first kappa shape index (κ1) is 17.2. The van der Waals surface area contributed by atoms with Crippen LogP contribution in [0.15, 0.2) is 44.9 Å². The Balaban J connectivity index is 1.88. The molecule has 0 fully saturated rings. The van der Waals surface area contributed by atoms with Gasteiger partial charge in [-0.15, -0.1) is 20.5 Å². The average Bonchev–Trinajstić information content (AvgIpc) is 3.19. The predicted molar refractivity (Wildman–Crippen MR) is 92.9 cm³/mol. The largest absolute Gasteiger partial charge is 0.506 e. The van der Waals surface area contributed by atoms with Gasteiger partial charge in [0.2, 0.25) is 0 Å². The van der Waals surface area contributed by atoms with E-state index in [0.29, 0.717) is 22.1 Å². The number of aryl methyl sites for hydroxylation is 2. The number of azo groups is 2.